The third-order valence-electron chi connectivity index (χ3n) is 4.87. The minimum atomic E-state index is -0.541. The summed E-state index contributed by atoms with van der Waals surface area (Å²) in [6, 6.07) is 11.5. The molecule has 34 heavy (non-hydrogen) atoms. The Morgan fingerprint density at radius 2 is 1.85 bits per heavy atom. The van der Waals surface area contributed by atoms with Gasteiger partial charge in [0.1, 0.15) is 5.82 Å². The Kier molecular flexibility index (Phi) is 8.79. The lowest BCUT2D eigenvalue weighted by Crippen LogP contribution is -2.23. The molecule has 0 saturated carbocycles. The zero-order valence-corrected chi connectivity index (χ0v) is 21.3. The molecule has 0 bridgehead atoms. The molecule has 10 heteroatoms. The first-order chi connectivity index (χ1) is 16.2. The highest BCUT2D eigenvalue weighted by molar-refractivity contribution is 8.00. The van der Waals surface area contributed by atoms with E-state index in [2.05, 4.69) is 29.4 Å². The molecule has 7 nitrogen and oxygen atoms in total. The third kappa shape index (κ3) is 6.42. The maximum Gasteiger partial charge on any atom is 0.237 e. The van der Waals surface area contributed by atoms with E-state index in [1.165, 1.54) is 30.0 Å². The van der Waals surface area contributed by atoms with Gasteiger partial charge in [0, 0.05) is 12.2 Å². The van der Waals surface area contributed by atoms with Crippen LogP contribution >= 0.6 is 23.4 Å². The quantitative estimate of drug-likeness (QED) is 0.340. The van der Waals surface area contributed by atoms with E-state index in [1.807, 2.05) is 35.8 Å². The number of halogens is 2. The van der Waals surface area contributed by atoms with Crippen LogP contribution in [0.1, 0.15) is 39.6 Å². The molecule has 2 atom stereocenters. The Bertz CT molecular complexity index is 1140. The van der Waals surface area contributed by atoms with Gasteiger partial charge < -0.3 is 19.4 Å². The Hall–Kier alpha value is -2.78. The molecule has 0 saturated heterocycles. The topological polar surface area (TPSA) is 78.3 Å². The molecule has 0 spiro atoms. The third-order valence-corrected chi connectivity index (χ3v) is 6.24. The molecular weight excluding hydrogens is 479 g/mol. The van der Waals surface area contributed by atoms with Crippen LogP contribution in [0.4, 0.5) is 10.1 Å². The van der Waals surface area contributed by atoms with Gasteiger partial charge in [0.2, 0.25) is 5.91 Å². The number of nitrogens with one attached hydrogen (secondary N) is 1. The second-order valence-corrected chi connectivity index (χ2v) is 9.85. The van der Waals surface area contributed by atoms with Crippen molar-refractivity contribution < 1.29 is 18.7 Å². The first-order valence-corrected chi connectivity index (χ1v) is 12.1. The molecule has 0 aliphatic rings. The molecule has 0 aliphatic heterocycles. The summed E-state index contributed by atoms with van der Waals surface area (Å²) < 4.78 is 26.9. The Labute approximate surface area is 208 Å². The van der Waals surface area contributed by atoms with Crippen LogP contribution in [0.15, 0.2) is 47.6 Å². The summed E-state index contributed by atoms with van der Waals surface area (Å²) in [6.07, 6.45) is -0.401. The van der Waals surface area contributed by atoms with Crippen molar-refractivity contribution in [1.82, 2.24) is 14.8 Å². The number of amides is 1. The van der Waals surface area contributed by atoms with Gasteiger partial charge in [-0.05, 0) is 50.1 Å². The lowest BCUT2D eigenvalue weighted by Gasteiger charge is -2.19. The summed E-state index contributed by atoms with van der Waals surface area (Å²) in [7, 11) is 1.59. The smallest absolute Gasteiger partial charge is 0.237 e. The number of aromatic nitrogens is 3. The highest BCUT2D eigenvalue weighted by atomic mass is 35.5. The minimum absolute atomic E-state index is 0.0524. The number of hydrogen-bond donors (Lipinski definition) is 1. The summed E-state index contributed by atoms with van der Waals surface area (Å²) in [5, 5.41) is 11.5. The van der Waals surface area contributed by atoms with Gasteiger partial charge in [0.25, 0.3) is 0 Å². The van der Waals surface area contributed by atoms with Crippen molar-refractivity contribution in [3.8, 4) is 11.5 Å². The standard InChI is InChI=1S/C24H28ClFN4O3S/c1-14(2)13-30-22(15(3)33-21-9-7-6-8-20(21)32-5)28-29-24(30)34-16(4)23(31)27-17-10-11-19(26)18(25)12-17/h6-12,14-16H,13H2,1-5H3,(H,27,31). The molecule has 0 radical (unpaired) electrons. The van der Waals surface area contributed by atoms with E-state index in [0.29, 0.717) is 40.6 Å². The SMILES string of the molecule is COc1ccccc1OC(C)c1nnc(SC(C)C(=O)Nc2ccc(F)c(Cl)c2)n1CC(C)C. The summed E-state index contributed by atoms with van der Waals surface area (Å²) in [6.45, 7) is 8.52. The molecule has 182 valence electrons. The number of benzene rings is 2. The predicted molar refractivity (Wildman–Crippen MR) is 132 cm³/mol. The van der Waals surface area contributed by atoms with E-state index in [4.69, 9.17) is 21.1 Å². The van der Waals surface area contributed by atoms with Gasteiger partial charge in [0.05, 0.1) is 17.4 Å². The summed E-state index contributed by atoms with van der Waals surface area (Å²) in [5.41, 5.74) is 0.423. The Balaban J connectivity index is 1.77. The number of para-hydroxylation sites is 2. The molecule has 3 rings (SSSR count). The number of carbonyl (C=O) groups is 1. The average Bonchev–Trinajstić information content (AvgIpc) is 3.18. The number of thioether (sulfide) groups is 1. The van der Waals surface area contributed by atoms with Crippen molar-refractivity contribution in [2.24, 2.45) is 5.92 Å². The van der Waals surface area contributed by atoms with Crippen molar-refractivity contribution >= 4 is 35.0 Å². The number of ether oxygens (including phenoxy) is 2. The molecular formula is C24H28ClFN4O3S. The second kappa shape index (κ2) is 11.6. The van der Waals surface area contributed by atoms with Crippen LogP contribution in [0.25, 0.3) is 0 Å². The summed E-state index contributed by atoms with van der Waals surface area (Å²) >= 11 is 7.10. The molecule has 2 unspecified atom stereocenters. The average molecular weight is 507 g/mol. The fraction of sp³-hybridized carbons (Fsp3) is 0.375. The highest BCUT2D eigenvalue weighted by Crippen LogP contribution is 2.32. The van der Waals surface area contributed by atoms with Crippen LogP contribution in [0.2, 0.25) is 5.02 Å². The summed E-state index contributed by atoms with van der Waals surface area (Å²) in [5.74, 6) is 1.41. The van der Waals surface area contributed by atoms with Crippen molar-refractivity contribution in [2.75, 3.05) is 12.4 Å². The van der Waals surface area contributed by atoms with Crippen LogP contribution in [0.3, 0.4) is 0 Å². The first kappa shape index (κ1) is 25.8. The minimum Gasteiger partial charge on any atom is -0.493 e. The van der Waals surface area contributed by atoms with Gasteiger partial charge in [-0.1, -0.05) is 49.3 Å². The van der Waals surface area contributed by atoms with Crippen LogP contribution < -0.4 is 14.8 Å². The molecule has 1 aromatic heterocycles. The number of nitrogens with zero attached hydrogens (tertiary/aromatic N) is 3. The van der Waals surface area contributed by atoms with E-state index < -0.39 is 17.2 Å². The van der Waals surface area contributed by atoms with Crippen LogP contribution in [-0.4, -0.2) is 33.0 Å². The van der Waals surface area contributed by atoms with Gasteiger partial charge in [-0.15, -0.1) is 10.2 Å². The number of anilines is 1. The lowest BCUT2D eigenvalue weighted by molar-refractivity contribution is -0.115. The lowest BCUT2D eigenvalue weighted by atomic mass is 10.2. The van der Waals surface area contributed by atoms with Crippen molar-refractivity contribution in [3.63, 3.8) is 0 Å². The number of methoxy groups -OCH3 is 1. The van der Waals surface area contributed by atoms with Gasteiger partial charge in [-0.2, -0.15) is 0 Å². The van der Waals surface area contributed by atoms with Crippen LogP contribution in [0, 0.1) is 11.7 Å². The Morgan fingerprint density at radius 3 is 2.50 bits per heavy atom. The largest absolute Gasteiger partial charge is 0.493 e. The Morgan fingerprint density at radius 1 is 1.15 bits per heavy atom. The zero-order chi connectivity index (χ0) is 24.8. The maximum absolute atomic E-state index is 13.4. The first-order valence-electron chi connectivity index (χ1n) is 10.8. The molecule has 2 aromatic carbocycles. The van der Waals surface area contributed by atoms with E-state index in [-0.39, 0.29) is 10.9 Å². The molecule has 0 aliphatic carbocycles. The number of hydrogen-bond acceptors (Lipinski definition) is 6. The normalized spacial score (nSPS) is 12.9. The van der Waals surface area contributed by atoms with Gasteiger partial charge >= 0.3 is 0 Å². The monoisotopic (exact) mass is 506 g/mol. The zero-order valence-electron chi connectivity index (χ0n) is 19.7. The van der Waals surface area contributed by atoms with E-state index >= 15 is 0 Å². The van der Waals surface area contributed by atoms with Gasteiger partial charge in [0.15, 0.2) is 28.6 Å². The van der Waals surface area contributed by atoms with Gasteiger partial charge in [-0.25, -0.2) is 4.39 Å². The predicted octanol–water partition coefficient (Wildman–Crippen LogP) is 5.99. The number of rotatable bonds is 10. The van der Waals surface area contributed by atoms with Crippen LogP contribution in [-0.2, 0) is 11.3 Å². The van der Waals surface area contributed by atoms with Crippen molar-refractivity contribution in [2.45, 2.75) is 50.8 Å². The van der Waals surface area contributed by atoms with E-state index in [1.54, 1.807) is 14.0 Å². The van der Waals surface area contributed by atoms with E-state index in [9.17, 15) is 9.18 Å². The number of carbonyl (C=O) groups excluding carboxylic acids is 1. The van der Waals surface area contributed by atoms with Crippen molar-refractivity contribution in [1.29, 1.82) is 0 Å². The molecule has 3 aromatic rings. The fourth-order valence-electron chi connectivity index (χ4n) is 3.21. The van der Waals surface area contributed by atoms with Gasteiger partial charge in [-0.3, -0.25) is 4.79 Å². The highest BCUT2D eigenvalue weighted by Gasteiger charge is 2.24. The summed E-state index contributed by atoms with van der Waals surface area (Å²) in [4.78, 5) is 12.7. The van der Waals surface area contributed by atoms with Crippen molar-refractivity contribution in [3.05, 3.63) is 59.1 Å². The van der Waals surface area contributed by atoms with E-state index in [0.717, 1.165) is 0 Å². The van der Waals surface area contributed by atoms with Crippen LogP contribution in [0.5, 0.6) is 11.5 Å². The fourth-order valence-corrected chi connectivity index (χ4v) is 4.26. The molecule has 0 fully saturated rings. The molecule has 1 N–H and O–H groups in total. The molecule has 1 amide bonds. The maximum atomic E-state index is 13.4. The molecule has 1 heterocycles. The second-order valence-electron chi connectivity index (χ2n) is 8.13.